The van der Waals surface area contributed by atoms with Gasteiger partial charge in [0.15, 0.2) is 5.82 Å². The molecule has 8 nitrogen and oxygen atoms in total. The zero-order valence-electron chi connectivity index (χ0n) is 21.8. The van der Waals surface area contributed by atoms with E-state index >= 15 is 0 Å². The Kier molecular flexibility index (Phi) is 6.66. The Morgan fingerprint density at radius 2 is 1.92 bits per heavy atom. The highest BCUT2D eigenvalue weighted by molar-refractivity contribution is 5.94. The molecule has 0 bridgehead atoms. The average molecular weight is 514 g/mol. The van der Waals surface area contributed by atoms with Crippen LogP contribution >= 0.6 is 0 Å². The fourth-order valence-electron chi connectivity index (χ4n) is 5.21. The van der Waals surface area contributed by atoms with Gasteiger partial charge in [0.1, 0.15) is 12.4 Å². The summed E-state index contributed by atoms with van der Waals surface area (Å²) in [6.07, 6.45) is 9.72. The molecule has 0 spiro atoms. The molecule has 0 radical (unpaired) electrons. The number of carbonyl (C=O) groups is 1. The summed E-state index contributed by atoms with van der Waals surface area (Å²) in [5.41, 5.74) is 2.28. The van der Waals surface area contributed by atoms with Crippen molar-refractivity contribution >= 4 is 11.7 Å². The molecule has 3 aromatic rings. The first-order valence-corrected chi connectivity index (χ1v) is 13.7. The lowest BCUT2D eigenvalue weighted by atomic mass is 9.93. The fourth-order valence-corrected chi connectivity index (χ4v) is 5.21. The lowest BCUT2D eigenvalue weighted by Crippen LogP contribution is -2.37. The molecular weight excluding hydrogens is 478 g/mol. The van der Waals surface area contributed by atoms with Gasteiger partial charge in [0.05, 0.1) is 17.6 Å². The summed E-state index contributed by atoms with van der Waals surface area (Å²) in [6, 6.07) is 16.1. The minimum Gasteiger partial charge on any atom is -0.492 e. The van der Waals surface area contributed by atoms with E-state index in [0.29, 0.717) is 24.0 Å². The van der Waals surface area contributed by atoms with Crippen LogP contribution in [0.5, 0.6) is 5.75 Å². The van der Waals surface area contributed by atoms with Crippen LogP contribution in [0.15, 0.2) is 65.7 Å². The number of rotatable bonds is 11. The van der Waals surface area contributed by atoms with Crippen LogP contribution in [-0.4, -0.2) is 40.7 Å². The summed E-state index contributed by atoms with van der Waals surface area (Å²) in [5, 5.41) is 10.1. The Labute approximate surface area is 222 Å². The number of aromatic nitrogens is 2. The summed E-state index contributed by atoms with van der Waals surface area (Å²) >= 11 is 0. The molecule has 2 unspecified atom stereocenters. The Balaban J connectivity index is 1.11. The van der Waals surface area contributed by atoms with Crippen LogP contribution in [0.1, 0.15) is 66.1 Å². The molecule has 2 atom stereocenters. The molecule has 3 fully saturated rings. The van der Waals surface area contributed by atoms with Gasteiger partial charge in [-0.3, -0.25) is 9.59 Å². The minimum absolute atomic E-state index is 0.0746. The molecule has 3 N–H and O–H groups in total. The zero-order valence-corrected chi connectivity index (χ0v) is 21.8. The minimum atomic E-state index is -0.355. The molecule has 0 saturated heterocycles. The third-order valence-corrected chi connectivity index (χ3v) is 8.02. The third kappa shape index (κ3) is 5.18. The molecule has 8 heteroatoms. The zero-order chi connectivity index (χ0) is 26.1. The van der Waals surface area contributed by atoms with E-state index in [2.05, 4.69) is 27.0 Å². The lowest BCUT2D eigenvalue weighted by Gasteiger charge is -2.27. The van der Waals surface area contributed by atoms with Gasteiger partial charge < -0.3 is 25.3 Å². The van der Waals surface area contributed by atoms with Gasteiger partial charge >= 0.3 is 0 Å². The lowest BCUT2D eigenvalue weighted by molar-refractivity contribution is 0.0949. The van der Waals surface area contributed by atoms with E-state index in [9.17, 15) is 9.59 Å². The van der Waals surface area contributed by atoms with Crippen molar-refractivity contribution in [3.05, 3.63) is 88.0 Å². The largest absolute Gasteiger partial charge is 0.492 e. The topological polar surface area (TPSA) is 97.3 Å². The molecule has 1 heterocycles. The molecule has 1 amide bonds. The number of nitrogens with one attached hydrogen (secondary N) is 3. The maximum atomic E-state index is 13.4. The fraction of sp³-hybridized carbons (Fsp3) is 0.433. The first kappa shape index (κ1) is 24.7. The molecule has 3 aliphatic rings. The molecule has 1 aromatic heterocycles. The number of ether oxygens (including phenoxy) is 1. The van der Waals surface area contributed by atoms with Gasteiger partial charge in [-0.05, 0) is 57.2 Å². The summed E-state index contributed by atoms with van der Waals surface area (Å²) in [4.78, 5) is 30.4. The molecule has 0 aliphatic heterocycles. The Hall–Kier alpha value is -3.65. The SMILES string of the molecule is Cc1ccc(C(=O)NC2CC2n2ccnc(NC3(c4ccccc4OCCNC4CCC4)CC3)c2=O)cc1. The van der Waals surface area contributed by atoms with Crippen molar-refractivity contribution in [1.29, 1.82) is 0 Å². The van der Waals surface area contributed by atoms with Gasteiger partial charge in [-0.1, -0.05) is 42.3 Å². The van der Waals surface area contributed by atoms with Crippen molar-refractivity contribution in [2.24, 2.45) is 0 Å². The maximum absolute atomic E-state index is 13.4. The van der Waals surface area contributed by atoms with E-state index in [1.54, 1.807) is 17.0 Å². The van der Waals surface area contributed by atoms with E-state index in [0.717, 1.165) is 42.7 Å². The van der Waals surface area contributed by atoms with Crippen LogP contribution in [0, 0.1) is 6.92 Å². The number of carbonyl (C=O) groups excluding carboxylic acids is 1. The number of benzene rings is 2. The highest BCUT2D eigenvalue weighted by Crippen LogP contribution is 2.50. The molecule has 198 valence electrons. The number of aryl methyl sites for hydroxylation is 1. The number of amides is 1. The van der Waals surface area contributed by atoms with Crippen molar-refractivity contribution in [1.82, 2.24) is 20.2 Å². The van der Waals surface area contributed by atoms with Gasteiger partial charge in [-0.15, -0.1) is 0 Å². The number of para-hydroxylation sites is 1. The van der Waals surface area contributed by atoms with Crippen LogP contribution in [-0.2, 0) is 5.54 Å². The normalized spacial score (nSPS) is 21.3. The maximum Gasteiger partial charge on any atom is 0.293 e. The van der Waals surface area contributed by atoms with E-state index in [1.165, 1.54) is 19.3 Å². The summed E-state index contributed by atoms with van der Waals surface area (Å²) in [5.74, 6) is 1.07. The van der Waals surface area contributed by atoms with Crippen LogP contribution in [0.4, 0.5) is 5.82 Å². The number of hydrogen-bond acceptors (Lipinski definition) is 6. The van der Waals surface area contributed by atoms with Crippen molar-refractivity contribution in [3.63, 3.8) is 0 Å². The van der Waals surface area contributed by atoms with E-state index in [1.807, 2.05) is 49.4 Å². The number of anilines is 1. The van der Waals surface area contributed by atoms with Gasteiger partial charge in [-0.25, -0.2) is 4.98 Å². The van der Waals surface area contributed by atoms with Gasteiger partial charge in [0, 0.05) is 36.1 Å². The van der Waals surface area contributed by atoms with E-state index in [-0.39, 0.29) is 29.1 Å². The van der Waals surface area contributed by atoms with Crippen LogP contribution in [0.2, 0.25) is 0 Å². The van der Waals surface area contributed by atoms with Crippen LogP contribution < -0.4 is 26.2 Å². The van der Waals surface area contributed by atoms with Crippen molar-refractivity contribution in [2.75, 3.05) is 18.5 Å². The van der Waals surface area contributed by atoms with Crippen molar-refractivity contribution in [3.8, 4) is 5.75 Å². The smallest absolute Gasteiger partial charge is 0.293 e. The molecule has 3 aliphatic carbocycles. The van der Waals surface area contributed by atoms with E-state index in [4.69, 9.17) is 4.74 Å². The Bertz CT molecular complexity index is 1360. The predicted molar refractivity (Wildman–Crippen MR) is 147 cm³/mol. The second kappa shape index (κ2) is 10.3. The number of hydrogen-bond donors (Lipinski definition) is 3. The van der Waals surface area contributed by atoms with Gasteiger partial charge in [-0.2, -0.15) is 0 Å². The van der Waals surface area contributed by atoms with Crippen LogP contribution in [0.25, 0.3) is 0 Å². The molecular formula is C30H35N5O3. The predicted octanol–water partition coefficient (Wildman–Crippen LogP) is 3.92. The third-order valence-electron chi connectivity index (χ3n) is 8.02. The average Bonchev–Trinajstić information content (AvgIpc) is 3.82. The monoisotopic (exact) mass is 513 g/mol. The van der Waals surface area contributed by atoms with Crippen LogP contribution in [0.3, 0.4) is 0 Å². The summed E-state index contributed by atoms with van der Waals surface area (Å²) in [6.45, 7) is 3.43. The second-order valence-corrected chi connectivity index (χ2v) is 10.9. The van der Waals surface area contributed by atoms with Crippen molar-refractivity contribution in [2.45, 2.75) is 69.1 Å². The summed E-state index contributed by atoms with van der Waals surface area (Å²) in [7, 11) is 0. The standard InChI is InChI=1S/C30H35N5O3/c1-20-9-11-21(12-10-20)28(36)33-24-19-25(24)35-17-15-32-27(29(35)37)34-30(13-14-30)23-7-2-3-8-26(23)38-18-16-31-22-5-4-6-22/h2-3,7-12,15,17,22,24-25,31H,4-6,13-14,16,18-19H2,1H3,(H,32,34)(H,33,36). The Morgan fingerprint density at radius 1 is 1.13 bits per heavy atom. The quantitative estimate of drug-likeness (QED) is 0.336. The Morgan fingerprint density at radius 3 is 2.66 bits per heavy atom. The molecule has 2 aromatic carbocycles. The van der Waals surface area contributed by atoms with Crippen molar-refractivity contribution < 1.29 is 9.53 Å². The van der Waals surface area contributed by atoms with Gasteiger partial charge in [0.2, 0.25) is 0 Å². The highest BCUT2D eigenvalue weighted by Gasteiger charge is 2.47. The molecule has 3 saturated carbocycles. The molecule has 38 heavy (non-hydrogen) atoms. The first-order valence-electron chi connectivity index (χ1n) is 13.7. The second-order valence-electron chi connectivity index (χ2n) is 10.9. The highest BCUT2D eigenvalue weighted by atomic mass is 16.5. The molecule has 6 rings (SSSR count). The van der Waals surface area contributed by atoms with E-state index < -0.39 is 0 Å². The first-order chi connectivity index (χ1) is 18.5. The number of nitrogens with zero attached hydrogens (tertiary/aromatic N) is 2. The van der Waals surface area contributed by atoms with Gasteiger partial charge in [0.25, 0.3) is 11.5 Å². The summed E-state index contributed by atoms with van der Waals surface area (Å²) < 4.78 is 7.86.